The molecule has 120 valence electrons. The fraction of sp³-hybridized carbons (Fsp3) is 0.222. The van der Waals surface area contributed by atoms with Crippen LogP contribution in [0.4, 0.5) is 0 Å². The number of carbonyl (C=O) groups excluding carboxylic acids is 2. The third-order valence-electron chi connectivity index (χ3n) is 3.40. The second-order valence-corrected chi connectivity index (χ2v) is 5.03. The van der Waals surface area contributed by atoms with Gasteiger partial charge < -0.3 is 14.6 Å². The number of methoxy groups -OCH3 is 1. The zero-order valence-corrected chi connectivity index (χ0v) is 13.0. The van der Waals surface area contributed by atoms with Gasteiger partial charge in [-0.2, -0.15) is 0 Å². The molecule has 5 heteroatoms. The summed E-state index contributed by atoms with van der Waals surface area (Å²) in [7, 11) is 1.41. The Morgan fingerprint density at radius 1 is 1.04 bits per heavy atom. The van der Waals surface area contributed by atoms with Gasteiger partial charge in [-0.3, -0.25) is 4.79 Å². The molecule has 2 aromatic carbocycles. The lowest BCUT2D eigenvalue weighted by molar-refractivity contribution is 0.0509. The monoisotopic (exact) mass is 314 g/mol. The van der Waals surface area contributed by atoms with Crippen molar-refractivity contribution in [2.45, 2.75) is 13.3 Å². The van der Waals surface area contributed by atoms with Gasteiger partial charge in [-0.1, -0.05) is 24.3 Å². The van der Waals surface area contributed by atoms with Crippen LogP contribution in [0.3, 0.4) is 0 Å². The number of hydrogen-bond acceptors (Lipinski definition) is 5. The number of benzene rings is 2. The number of phenols is 1. The number of Topliss-reactive ketones (excluding diaryl/α,β-unsaturated/α-hetero) is 1. The van der Waals surface area contributed by atoms with E-state index in [2.05, 4.69) is 0 Å². The number of esters is 1. The van der Waals surface area contributed by atoms with Crippen molar-refractivity contribution in [2.24, 2.45) is 0 Å². The standard InChI is InChI=1S/C18H18O5/c1-12(19)14-5-3-13(4-6-14)9-10-23-18(21)15-7-8-16(20)17(11-15)22-2/h3-8,11,20H,9-10H2,1-2H3. The molecule has 2 aromatic rings. The minimum absolute atomic E-state index is 0.0178. The van der Waals surface area contributed by atoms with Crippen LogP contribution in [0.25, 0.3) is 0 Å². The second-order valence-electron chi connectivity index (χ2n) is 5.03. The average Bonchev–Trinajstić information content (AvgIpc) is 2.55. The Hall–Kier alpha value is -2.82. The van der Waals surface area contributed by atoms with Crippen molar-refractivity contribution in [3.63, 3.8) is 0 Å². The molecule has 0 saturated heterocycles. The van der Waals surface area contributed by atoms with Crippen molar-refractivity contribution in [3.8, 4) is 11.5 Å². The Kier molecular flexibility index (Phi) is 5.36. The Morgan fingerprint density at radius 3 is 2.30 bits per heavy atom. The van der Waals surface area contributed by atoms with E-state index in [-0.39, 0.29) is 23.9 Å². The summed E-state index contributed by atoms with van der Waals surface area (Å²) in [4.78, 5) is 23.1. The lowest BCUT2D eigenvalue weighted by Gasteiger charge is -2.08. The van der Waals surface area contributed by atoms with Gasteiger partial charge in [-0.15, -0.1) is 0 Å². The van der Waals surface area contributed by atoms with Gasteiger partial charge in [-0.25, -0.2) is 4.79 Å². The van der Waals surface area contributed by atoms with E-state index in [1.807, 2.05) is 12.1 Å². The van der Waals surface area contributed by atoms with Crippen molar-refractivity contribution in [1.29, 1.82) is 0 Å². The number of aromatic hydroxyl groups is 1. The van der Waals surface area contributed by atoms with Crippen LogP contribution in [0.2, 0.25) is 0 Å². The molecule has 0 atom stereocenters. The van der Waals surface area contributed by atoms with Crippen LogP contribution in [0, 0.1) is 0 Å². The molecule has 5 nitrogen and oxygen atoms in total. The predicted octanol–water partition coefficient (Wildman–Crippen LogP) is 3.00. The maximum Gasteiger partial charge on any atom is 0.338 e. The molecule has 2 rings (SSSR count). The molecule has 0 aromatic heterocycles. The van der Waals surface area contributed by atoms with E-state index in [0.29, 0.717) is 17.5 Å². The maximum absolute atomic E-state index is 12.0. The van der Waals surface area contributed by atoms with Gasteiger partial charge in [0.15, 0.2) is 17.3 Å². The van der Waals surface area contributed by atoms with Gasteiger partial charge in [0.1, 0.15) is 0 Å². The van der Waals surface area contributed by atoms with Gasteiger partial charge in [0.05, 0.1) is 19.3 Å². The highest BCUT2D eigenvalue weighted by Gasteiger charge is 2.11. The first-order chi connectivity index (χ1) is 11.0. The number of carbonyl (C=O) groups is 2. The van der Waals surface area contributed by atoms with E-state index in [0.717, 1.165) is 5.56 Å². The van der Waals surface area contributed by atoms with Crippen molar-refractivity contribution >= 4 is 11.8 Å². The minimum atomic E-state index is -0.483. The molecule has 0 spiro atoms. The van der Waals surface area contributed by atoms with E-state index in [1.54, 1.807) is 12.1 Å². The van der Waals surface area contributed by atoms with Crippen molar-refractivity contribution in [3.05, 3.63) is 59.2 Å². The molecule has 0 saturated carbocycles. The molecule has 1 N–H and O–H groups in total. The highest BCUT2D eigenvalue weighted by atomic mass is 16.5. The summed E-state index contributed by atoms with van der Waals surface area (Å²) >= 11 is 0. The quantitative estimate of drug-likeness (QED) is 0.655. The van der Waals surface area contributed by atoms with E-state index >= 15 is 0 Å². The smallest absolute Gasteiger partial charge is 0.338 e. The van der Waals surface area contributed by atoms with Gasteiger partial charge in [0.25, 0.3) is 0 Å². The summed E-state index contributed by atoms with van der Waals surface area (Å²) in [6, 6.07) is 11.5. The van der Waals surface area contributed by atoms with Crippen LogP contribution >= 0.6 is 0 Å². The predicted molar refractivity (Wildman–Crippen MR) is 85.1 cm³/mol. The van der Waals surface area contributed by atoms with Crippen LogP contribution in [0.15, 0.2) is 42.5 Å². The molecule has 0 fully saturated rings. The number of ketones is 1. The zero-order chi connectivity index (χ0) is 16.8. The van der Waals surface area contributed by atoms with Crippen LogP contribution in [0.1, 0.15) is 33.2 Å². The SMILES string of the molecule is COc1cc(C(=O)OCCc2ccc(C(C)=O)cc2)ccc1O. The summed E-state index contributed by atoms with van der Waals surface area (Å²) < 4.78 is 10.2. The molecule has 0 aliphatic rings. The summed E-state index contributed by atoms with van der Waals surface area (Å²) in [6.07, 6.45) is 0.555. The number of phenolic OH excluding ortho intramolecular Hbond substituents is 1. The first-order valence-corrected chi connectivity index (χ1v) is 7.15. The Morgan fingerprint density at radius 2 is 1.70 bits per heavy atom. The normalized spacial score (nSPS) is 10.2. The van der Waals surface area contributed by atoms with Crippen molar-refractivity contribution in [2.75, 3.05) is 13.7 Å². The molecule has 0 bridgehead atoms. The minimum Gasteiger partial charge on any atom is -0.504 e. The fourth-order valence-corrected chi connectivity index (χ4v) is 2.06. The highest BCUT2D eigenvalue weighted by Crippen LogP contribution is 2.26. The molecule has 0 aliphatic heterocycles. The van der Waals surface area contributed by atoms with E-state index < -0.39 is 5.97 Å². The number of ether oxygens (including phenoxy) is 2. The summed E-state index contributed by atoms with van der Waals surface area (Å²) in [6.45, 7) is 1.74. The highest BCUT2D eigenvalue weighted by molar-refractivity contribution is 5.94. The van der Waals surface area contributed by atoms with Crippen LogP contribution in [0.5, 0.6) is 11.5 Å². The van der Waals surface area contributed by atoms with E-state index in [4.69, 9.17) is 9.47 Å². The fourth-order valence-electron chi connectivity index (χ4n) is 2.06. The lowest BCUT2D eigenvalue weighted by atomic mass is 10.1. The Labute approximate surface area is 134 Å². The van der Waals surface area contributed by atoms with Crippen molar-refractivity contribution < 1.29 is 24.2 Å². The first kappa shape index (κ1) is 16.5. The summed E-state index contributed by atoms with van der Waals surface area (Å²) in [5.74, 6) is -0.276. The second kappa shape index (κ2) is 7.45. The average molecular weight is 314 g/mol. The molecule has 0 radical (unpaired) electrons. The summed E-state index contributed by atoms with van der Waals surface area (Å²) in [5, 5.41) is 9.50. The van der Waals surface area contributed by atoms with E-state index in [1.165, 1.54) is 32.2 Å². The van der Waals surface area contributed by atoms with Crippen LogP contribution < -0.4 is 4.74 Å². The van der Waals surface area contributed by atoms with Crippen molar-refractivity contribution in [1.82, 2.24) is 0 Å². The largest absolute Gasteiger partial charge is 0.504 e. The molecular formula is C18H18O5. The topological polar surface area (TPSA) is 72.8 Å². The Bertz CT molecular complexity index is 704. The molecule has 23 heavy (non-hydrogen) atoms. The number of rotatable bonds is 6. The van der Waals surface area contributed by atoms with Gasteiger partial charge in [-0.05, 0) is 30.7 Å². The van der Waals surface area contributed by atoms with Gasteiger partial charge >= 0.3 is 5.97 Å². The molecule has 0 unspecified atom stereocenters. The zero-order valence-electron chi connectivity index (χ0n) is 13.0. The van der Waals surface area contributed by atoms with E-state index in [9.17, 15) is 14.7 Å². The first-order valence-electron chi connectivity index (χ1n) is 7.15. The number of hydrogen-bond donors (Lipinski definition) is 1. The third kappa shape index (κ3) is 4.32. The molecule has 0 amide bonds. The molecule has 0 aliphatic carbocycles. The van der Waals surface area contributed by atoms with Crippen LogP contribution in [-0.4, -0.2) is 30.6 Å². The van der Waals surface area contributed by atoms with Gasteiger partial charge in [0.2, 0.25) is 0 Å². The Balaban J connectivity index is 1.90. The molecular weight excluding hydrogens is 296 g/mol. The van der Waals surface area contributed by atoms with Gasteiger partial charge in [0, 0.05) is 12.0 Å². The lowest BCUT2D eigenvalue weighted by Crippen LogP contribution is -2.08. The summed E-state index contributed by atoms with van der Waals surface area (Å²) in [5.41, 5.74) is 1.94. The van der Waals surface area contributed by atoms with Crippen LogP contribution in [-0.2, 0) is 11.2 Å². The molecule has 0 heterocycles. The third-order valence-corrected chi connectivity index (χ3v) is 3.40. The maximum atomic E-state index is 12.0.